The van der Waals surface area contributed by atoms with Crippen molar-refractivity contribution in [3.05, 3.63) is 71.7 Å². The van der Waals surface area contributed by atoms with E-state index in [1.165, 1.54) is 12.1 Å². The lowest BCUT2D eigenvalue weighted by atomic mass is 10.1. The molecule has 0 amide bonds. The molecular weight excluding hydrogens is 405 g/mol. The van der Waals surface area contributed by atoms with Gasteiger partial charge in [0.25, 0.3) is 0 Å². The summed E-state index contributed by atoms with van der Waals surface area (Å²) in [6.45, 7) is 9.48. The second-order valence-corrected chi connectivity index (χ2v) is 8.50. The summed E-state index contributed by atoms with van der Waals surface area (Å²) in [5.41, 5.74) is 2.63. The molecule has 2 aromatic carbocycles. The van der Waals surface area contributed by atoms with Crippen molar-refractivity contribution in [2.75, 3.05) is 6.54 Å². The molecule has 0 saturated heterocycles. The third kappa shape index (κ3) is 6.17. The largest absolute Gasteiger partial charge is 0.438 e. The van der Waals surface area contributed by atoms with Gasteiger partial charge in [0.05, 0.1) is 23.0 Å². The van der Waals surface area contributed by atoms with Gasteiger partial charge in [-0.25, -0.2) is 9.07 Å². The summed E-state index contributed by atoms with van der Waals surface area (Å²) < 4.78 is 21.8. The molecule has 6 heteroatoms. The van der Waals surface area contributed by atoms with Crippen LogP contribution >= 0.6 is 0 Å². The van der Waals surface area contributed by atoms with Gasteiger partial charge in [0.1, 0.15) is 11.6 Å². The van der Waals surface area contributed by atoms with Crippen molar-refractivity contribution in [2.24, 2.45) is 0 Å². The molecule has 1 N–H and O–H groups in total. The Morgan fingerprint density at radius 1 is 1.12 bits per heavy atom. The normalized spacial score (nSPS) is 12.5. The molecule has 0 aliphatic rings. The maximum atomic E-state index is 13.8. The Kier molecular flexibility index (Phi) is 8.42. The summed E-state index contributed by atoms with van der Waals surface area (Å²) in [5, 5.41) is 15.3. The highest BCUT2D eigenvalue weighted by molar-refractivity contribution is 5.43. The summed E-state index contributed by atoms with van der Waals surface area (Å²) in [6.07, 6.45) is 2.47. The van der Waals surface area contributed by atoms with Gasteiger partial charge in [-0.15, -0.1) is 0 Å². The number of aromatic nitrogens is 2. The van der Waals surface area contributed by atoms with Crippen molar-refractivity contribution in [3.63, 3.8) is 0 Å². The molecular formula is C26H34FN3O2. The molecule has 0 radical (unpaired) electrons. The highest BCUT2D eigenvalue weighted by Crippen LogP contribution is 2.32. The average Bonchev–Trinajstić information content (AvgIpc) is 3.07. The smallest absolute Gasteiger partial charge is 0.227 e. The molecule has 0 aliphatic heterocycles. The van der Waals surface area contributed by atoms with Crippen LogP contribution in [0, 0.1) is 12.7 Å². The van der Waals surface area contributed by atoms with Crippen LogP contribution in [0.15, 0.2) is 54.6 Å². The van der Waals surface area contributed by atoms with E-state index in [4.69, 9.17) is 9.84 Å². The lowest BCUT2D eigenvalue weighted by molar-refractivity contribution is 0.0827. The summed E-state index contributed by atoms with van der Waals surface area (Å²) in [7, 11) is 0. The highest BCUT2D eigenvalue weighted by Gasteiger charge is 2.24. The number of unbranched alkanes of at least 4 members (excludes halogenated alkanes) is 1. The van der Waals surface area contributed by atoms with Gasteiger partial charge >= 0.3 is 0 Å². The summed E-state index contributed by atoms with van der Waals surface area (Å²) in [6, 6.07) is 16.1. The van der Waals surface area contributed by atoms with Crippen molar-refractivity contribution >= 4 is 0 Å². The predicted molar refractivity (Wildman–Crippen MR) is 126 cm³/mol. The standard InChI is InChI=1S/C26H34FN3O2/c1-5-6-14-23(31)17-29(19(2)3)18-25-20(4)28-30(22-12-8-7-9-13-22)26(25)32-24-15-10-11-21(27)16-24/h7-13,15-16,19,23,31H,5-6,14,17-18H2,1-4H3/t23-/m0/s1. The minimum absolute atomic E-state index is 0.229. The van der Waals surface area contributed by atoms with Gasteiger partial charge in [0, 0.05) is 25.2 Å². The number of halogens is 1. The Labute approximate surface area is 190 Å². The number of aryl methyl sites for hydroxylation is 1. The number of benzene rings is 2. The van der Waals surface area contributed by atoms with E-state index < -0.39 is 0 Å². The quantitative estimate of drug-likeness (QED) is 0.406. The molecule has 5 nitrogen and oxygen atoms in total. The van der Waals surface area contributed by atoms with E-state index in [-0.39, 0.29) is 18.0 Å². The van der Waals surface area contributed by atoms with Crippen molar-refractivity contribution in [3.8, 4) is 17.3 Å². The van der Waals surface area contributed by atoms with E-state index in [9.17, 15) is 9.50 Å². The monoisotopic (exact) mass is 439 g/mol. The van der Waals surface area contributed by atoms with Crippen LogP contribution in [0.5, 0.6) is 11.6 Å². The lowest BCUT2D eigenvalue weighted by Crippen LogP contribution is -2.37. The van der Waals surface area contributed by atoms with Crippen LogP contribution in [0.2, 0.25) is 0 Å². The fourth-order valence-electron chi connectivity index (χ4n) is 3.67. The fourth-order valence-corrected chi connectivity index (χ4v) is 3.67. The first-order valence-corrected chi connectivity index (χ1v) is 11.4. The molecule has 0 bridgehead atoms. The Morgan fingerprint density at radius 2 is 1.88 bits per heavy atom. The first kappa shape index (κ1) is 24.0. The van der Waals surface area contributed by atoms with E-state index in [0.717, 1.165) is 36.2 Å². The number of aliphatic hydroxyl groups excluding tert-OH is 1. The zero-order valence-corrected chi connectivity index (χ0v) is 19.5. The van der Waals surface area contributed by atoms with Gasteiger partial charge in [-0.3, -0.25) is 4.90 Å². The minimum Gasteiger partial charge on any atom is -0.438 e. The number of rotatable bonds is 11. The molecule has 3 rings (SSSR count). The maximum Gasteiger partial charge on any atom is 0.227 e. The van der Waals surface area contributed by atoms with Gasteiger partial charge in [-0.1, -0.05) is 44.0 Å². The van der Waals surface area contributed by atoms with Crippen molar-refractivity contribution in [1.82, 2.24) is 14.7 Å². The van der Waals surface area contributed by atoms with Gasteiger partial charge in [0.15, 0.2) is 0 Å². The molecule has 0 fully saturated rings. The molecule has 32 heavy (non-hydrogen) atoms. The SMILES string of the molecule is CCCC[C@H](O)CN(Cc1c(C)nn(-c2ccccc2)c1Oc1cccc(F)c1)C(C)C. The van der Waals surface area contributed by atoms with Gasteiger partial charge in [-0.2, -0.15) is 5.10 Å². The van der Waals surface area contributed by atoms with Crippen LogP contribution in [0.25, 0.3) is 5.69 Å². The molecule has 0 spiro atoms. The second-order valence-electron chi connectivity index (χ2n) is 8.50. The Hall–Kier alpha value is -2.70. The van der Waals surface area contributed by atoms with Gasteiger partial charge in [0.2, 0.25) is 5.88 Å². The first-order valence-electron chi connectivity index (χ1n) is 11.4. The Morgan fingerprint density at radius 3 is 2.53 bits per heavy atom. The second kappa shape index (κ2) is 11.2. The number of hydrogen-bond donors (Lipinski definition) is 1. The molecule has 0 aliphatic carbocycles. The van der Waals surface area contributed by atoms with E-state index in [1.54, 1.807) is 16.8 Å². The Balaban J connectivity index is 1.97. The number of para-hydroxylation sites is 1. The fraction of sp³-hybridized carbons (Fsp3) is 0.423. The zero-order valence-electron chi connectivity index (χ0n) is 19.5. The molecule has 1 atom stereocenters. The zero-order chi connectivity index (χ0) is 23.1. The molecule has 1 heterocycles. The maximum absolute atomic E-state index is 13.8. The summed E-state index contributed by atoms with van der Waals surface area (Å²) >= 11 is 0. The highest BCUT2D eigenvalue weighted by atomic mass is 19.1. The van der Waals surface area contributed by atoms with E-state index >= 15 is 0 Å². The van der Waals surface area contributed by atoms with Gasteiger partial charge < -0.3 is 9.84 Å². The van der Waals surface area contributed by atoms with Crippen molar-refractivity contribution in [1.29, 1.82) is 0 Å². The van der Waals surface area contributed by atoms with Crippen LogP contribution < -0.4 is 4.74 Å². The molecule has 0 saturated carbocycles. The van der Waals surface area contributed by atoms with E-state index in [0.29, 0.717) is 24.7 Å². The van der Waals surface area contributed by atoms with Crippen molar-refractivity contribution < 1.29 is 14.2 Å². The summed E-state index contributed by atoms with van der Waals surface area (Å²) in [5.74, 6) is 0.629. The molecule has 1 aromatic heterocycles. The first-order chi connectivity index (χ1) is 15.4. The predicted octanol–water partition coefficient (Wildman–Crippen LogP) is 5.87. The third-order valence-electron chi connectivity index (χ3n) is 5.58. The molecule has 3 aromatic rings. The molecule has 0 unspecified atom stereocenters. The average molecular weight is 440 g/mol. The number of aliphatic hydroxyl groups is 1. The van der Waals surface area contributed by atoms with Crippen LogP contribution in [0.1, 0.15) is 51.3 Å². The number of ether oxygens (including phenoxy) is 1. The third-order valence-corrected chi connectivity index (χ3v) is 5.58. The van der Waals surface area contributed by atoms with Crippen LogP contribution in [-0.4, -0.2) is 38.5 Å². The van der Waals surface area contributed by atoms with E-state index in [2.05, 4.69) is 25.7 Å². The summed E-state index contributed by atoms with van der Waals surface area (Å²) in [4.78, 5) is 2.23. The number of nitrogens with zero attached hydrogens (tertiary/aromatic N) is 3. The minimum atomic E-state index is -0.380. The van der Waals surface area contributed by atoms with Crippen LogP contribution in [-0.2, 0) is 6.54 Å². The van der Waals surface area contributed by atoms with E-state index in [1.807, 2.05) is 37.3 Å². The van der Waals surface area contributed by atoms with Crippen molar-refractivity contribution in [2.45, 2.75) is 65.6 Å². The van der Waals surface area contributed by atoms with Crippen LogP contribution in [0.3, 0.4) is 0 Å². The van der Waals surface area contributed by atoms with Gasteiger partial charge in [-0.05, 0) is 51.5 Å². The van der Waals surface area contributed by atoms with Crippen LogP contribution in [0.4, 0.5) is 4.39 Å². The Bertz CT molecular complexity index is 988. The lowest BCUT2D eigenvalue weighted by Gasteiger charge is -2.29. The molecule has 172 valence electrons. The number of hydrogen-bond acceptors (Lipinski definition) is 4. The topological polar surface area (TPSA) is 50.5 Å².